The first-order chi connectivity index (χ1) is 12.8. The molecule has 2 N–H and O–H groups in total. The lowest BCUT2D eigenvalue weighted by Crippen LogP contribution is -2.10. The number of hydrogen-bond acceptors (Lipinski definition) is 5. The predicted octanol–water partition coefficient (Wildman–Crippen LogP) is 4.29. The molecule has 0 bridgehead atoms. The van der Waals surface area contributed by atoms with Crippen LogP contribution in [0.5, 0.6) is 0 Å². The van der Waals surface area contributed by atoms with Crippen molar-refractivity contribution < 1.29 is 0 Å². The summed E-state index contributed by atoms with van der Waals surface area (Å²) in [6.45, 7) is 1.97. The Bertz CT molecular complexity index is 964. The van der Waals surface area contributed by atoms with Gasteiger partial charge >= 0.3 is 0 Å². The topological polar surface area (TPSA) is 74.6 Å². The third-order valence-corrected chi connectivity index (χ3v) is 3.86. The molecular weight excluding hydrogens is 324 g/mol. The number of aliphatic imine (C=N–C) groups is 1. The third kappa shape index (κ3) is 3.75. The second kappa shape index (κ2) is 7.14. The fourth-order valence-electron chi connectivity index (χ4n) is 2.64. The number of para-hydroxylation sites is 1. The first kappa shape index (κ1) is 16.0. The highest BCUT2D eigenvalue weighted by molar-refractivity contribution is 6.06. The average Bonchev–Trinajstić information content (AvgIpc) is 3.08. The second-order valence-electron chi connectivity index (χ2n) is 5.99. The van der Waals surface area contributed by atoms with E-state index in [9.17, 15) is 0 Å². The molecule has 0 atom stereocenters. The summed E-state index contributed by atoms with van der Waals surface area (Å²) in [5.74, 6) is 1.88. The summed E-state index contributed by atoms with van der Waals surface area (Å²) >= 11 is 0. The summed E-state index contributed by atoms with van der Waals surface area (Å²) in [7, 11) is 0. The van der Waals surface area contributed by atoms with E-state index in [0.29, 0.717) is 18.2 Å². The van der Waals surface area contributed by atoms with Crippen LogP contribution >= 0.6 is 0 Å². The van der Waals surface area contributed by atoms with Gasteiger partial charge in [0.2, 0.25) is 5.95 Å². The van der Waals surface area contributed by atoms with E-state index in [0.717, 1.165) is 28.5 Å². The smallest absolute Gasteiger partial charge is 0.229 e. The minimum Gasteiger partial charge on any atom is -0.324 e. The van der Waals surface area contributed by atoms with E-state index in [1.165, 1.54) is 0 Å². The van der Waals surface area contributed by atoms with Crippen LogP contribution < -0.4 is 10.7 Å². The summed E-state index contributed by atoms with van der Waals surface area (Å²) in [5, 5.41) is 7.41. The Morgan fingerprint density at radius 1 is 0.962 bits per heavy atom. The average molecular weight is 342 g/mol. The lowest BCUT2D eigenvalue weighted by molar-refractivity contribution is 1.04. The zero-order valence-electron chi connectivity index (χ0n) is 14.3. The van der Waals surface area contributed by atoms with Crippen molar-refractivity contribution in [2.45, 2.75) is 13.3 Å². The standard InChI is InChI=1S/C20H18N6/c1-14-12-19(26-25-14)23-18-13-17(15-8-4-2-5-9-15)22-20(24-18)21-16-10-6-3-7-11-16/h2-11,13H,12H2,1H3,(H2,21,22,23,24,26). The normalized spacial score (nSPS) is 14.8. The SMILES string of the molecule is CC1=NNC(=Nc2cc(-c3ccccc3)nc(Nc3ccccc3)n2)C1. The van der Waals surface area contributed by atoms with Crippen LogP contribution in [0.3, 0.4) is 0 Å². The van der Waals surface area contributed by atoms with Gasteiger partial charge in [0.25, 0.3) is 0 Å². The molecule has 1 aromatic heterocycles. The van der Waals surface area contributed by atoms with Crippen LogP contribution in [0.15, 0.2) is 76.8 Å². The summed E-state index contributed by atoms with van der Waals surface area (Å²) in [6, 6.07) is 21.7. The number of benzene rings is 2. The molecule has 0 saturated carbocycles. The molecule has 0 radical (unpaired) electrons. The minimum absolute atomic E-state index is 0.507. The second-order valence-corrected chi connectivity index (χ2v) is 5.99. The Balaban J connectivity index is 1.72. The van der Waals surface area contributed by atoms with Crippen LogP contribution in [0.2, 0.25) is 0 Å². The van der Waals surface area contributed by atoms with Crippen molar-refractivity contribution in [1.29, 1.82) is 0 Å². The highest BCUT2D eigenvalue weighted by Gasteiger charge is 2.11. The number of hydrazone groups is 1. The fraction of sp³-hybridized carbons (Fsp3) is 0.100. The maximum Gasteiger partial charge on any atom is 0.229 e. The van der Waals surface area contributed by atoms with Crippen LogP contribution in [0.25, 0.3) is 11.3 Å². The monoisotopic (exact) mass is 342 g/mol. The molecule has 26 heavy (non-hydrogen) atoms. The number of anilines is 2. The van der Waals surface area contributed by atoms with Crippen molar-refractivity contribution in [2.75, 3.05) is 5.32 Å². The van der Waals surface area contributed by atoms with Gasteiger partial charge in [-0.3, -0.25) is 5.43 Å². The Labute approximate surface area is 151 Å². The molecule has 2 heterocycles. The maximum atomic E-state index is 4.65. The Kier molecular flexibility index (Phi) is 4.38. The molecule has 0 aliphatic carbocycles. The first-order valence-electron chi connectivity index (χ1n) is 8.39. The van der Waals surface area contributed by atoms with Crippen LogP contribution in [-0.4, -0.2) is 21.5 Å². The molecule has 0 saturated heterocycles. The van der Waals surface area contributed by atoms with Gasteiger partial charge in [-0.05, 0) is 19.1 Å². The molecule has 128 valence electrons. The zero-order chi connectivity index (χ0) is 17.8. The number of aromatic nitrogens is 2. The molecule has 3 aromatic rings. The lowest BCUT2D eigenvalue weighted by atomic mass is 10.1. The van der Waals surface area contributed by atoms with E-state index in [4.69, 9.17) is 0 Å². The van der Waals surface area contributed by atoms with Crippen LogP contribution in [0.1, 0.15) is 13.3 Å². The molecule has 0 unspecified atom stereocenters. The van der Waals surface area contributed by atoms with Crippen molar-refractivity contribution in [3.63, 3.8) is 0 Å². The highest BCUT2D eigenvalue weighted by Crippen LogP contribution is 2.24. The van der Waals surface area contributed by atoms with Gasteiger partial charge < -0.3 is 5.32 Å². The highest BCUT2D eigenvalue weighted by atomic mass is 15.3. The number of nitrogens with one attached hydrogen (secondary N) is 2. The van der Waals surface area contributed by atoms with Crippen molar-refractivity contribution in [1.82, 2.24) is 15.4 Å². The quantitative estimate of drug-likeness (QED) is 0.742. The molecule has 6 nitrogen and oxygen atoms in total. The van der Waals surface area contributed by atoms with Crippen molar-refractivity contribution in [3.05, 3.63) is 66.7 Å². The van der Waals surface area contributed by atoms with Crippen LogP contribution in [-0.2, 0) is 0 Å². The fourth-order valence-corrected chi connectivity index (χ4v) is 2.64. The molecule has 1 aliphatic rings. The molecule has 1 aliphatic heterocycles. The van der Waals surface area contributed by atoms with Crippen molar-refractivity contribution in [3.8, 4) is 11.3 Å². The van der Waals surface area contributed by atoms with Crippen LogP contribution in [0, 0.1) is 0 Å². The number of rotatable bonds is 4. The number of amidine groups is 1. The van der Waals surface area contributed by atoms with E-state index in [2.05, 4.69) is 30.8 Å². The van der Waals surface area contributed by atoms with Gasteiger partial charge in [-0.15, -0.1) is 0 Å². The van der Waals surface area contributed by atoms with E-state index >= 15 is 0 Å². The zero-order valence-corrected chi connectivity index (χ0v) is 14.3. The van der Waals surface area contributed by atoms with Gasteiger partial charge in [0, 0.05) is 29.4 Å². The molecular formula is C20H18N6. The van der Waals surface area contributed by atoms with Gasteiger partial charge in [-0.1, -0.05) is 48.5 Å². The van der Waals surface area contributed by atoms with Gasteiger partial charge in [-0.25, -0.2) is 9.98 Å². The number of hydrogen-bond donors (Lipinski definition) is 2. The Hall–Kier alpha value is -3.54. The summed E-state index contributed by atoms with van der Waals surface area (Å²) in [5.41, 5.74) is 6.70. The summed E-state index contributed by atoms with van der Waals surface area (Å²) in [4.78, 5) is 13.8. The largest absolute Gasteiger partial charge is 0.324 e. The van der Waals surface area contributed by atoms with E-state index < -0.39 is 0 Å². The van der Waals surface area contributed by atoms with Gasteiger partial charge in [0.15, 0.2) is 5.82 Å². The third-order valence-electron chi connectivity index (χ3n) is 3.86. The lowest BCUT2D eigenvalue weighted by Gasteiger charge is -2.09. The first-order valence-corrected chi connectivity index (χ1v) is 8.39. The Morgan fingerprint density at radius 2 is 1.69 bits per heavy atom. The van der Waals surface area contributed by atoms with Gasteiger partial charge in [0.1, 0.15) is 5.84 Å². The summed E-state index contributed by atoms with van der Waals surface area (Å²) < 4.78 is 0. The molecule has 4 rings (SSSR count). The van der Waals surface area contributed by atoms with Gasteiger partial charge in [-0.2, -0.15) is 10.1 Å². The van der Waals surface area contributed by atoms with E-state index in [1.54, 1.807) is 0 Å². The molecule has 0 amide bonds. The Morgan fingerprint density at radius 3 is 2.38 bits per heavy atom. The van der Waals surface area contributed by atoms with Gasteiger partial charge in [0.05, 0.1) is 5.69 Å². The predicted molar refractivity (Wildman–Crippen MR) is 105 cm³/mol. The minimum atomic E-state index is 0.507. The molecule has 6 heteroatoms. The van der Waals surface area contributed by atoms with E-state index in [1.807, 2.05) is 73.7 Å². The summed E-state index contributed by atoms with van der Waals surface area (Å²) in [6.07, 6.45) is 0.701. The molecule has 0 spiro atoms. The van der Waals surface area contributed by atoms with E-state index in [-0.39, 0.29) is 0 Å². The number of nitrogens with zero attached hydrogens (tertiary/aromatic N) is 4. The maximum absolute atomic E-state index is 4.65. The van der Waals surface area contributed by atoms with Crippen LogP contribution in [0.4, 0.5) is 17.5 Å². The van der Waals surface area contributed by atoms with Crippen molar-refractivity contribution in [2.24, 2.45) is 10.1 Å². The molecule has 2 aromatic carbocycles. The molecule has 0 fully saturated rings. The van der Waals surface area contributed by atoms with Crippen molar-refractivity contribution >= 4 is 29.0 Å².